The minimum Gasteiger partial charge on any atom is -0.325 e. The molecular formula is C21H25N3O3S2. The first kappa shape index (κ1) is 21.4. The van der Waals surface area contributed by atoms with E-state index < -0.39 is 9.84 Å². The van der Waals surface area contributed by atoms with Crippen LogP contribution in [-0.4, -0.2) is 35.9 Å². The molecule has 3 aromatic rings. The first-order chi connectivity index (χ1) is 13.6. The number of sulfone groups is 1. The maximum absolute atomic E-state index is 12.5. The van der Waals surface area contributed by atoms with Gasteiger partial charge in [-0.25, -0.2) is 13.4 Å². The molecule has 29 heavy (non-hydrogen) atoms. The van der Waals surface area contributed by atoms with Crippen LogP contribution in [0.5, 0.6) is 0 Å². The summed E-state index contributed by atoms with van der Waals surface area (Å²) >= 11 is 1.34. The summed E-state index contributed by atoms with van der Waals surface area (Å²) in [5.41, 5.74) is 4.34. The van der Waals surface area contributed by atoms with Crippen LogP contribution in [0, 0.1) is 13.8 Å². The SMILES string of the molecule is Cc1cccc(C)c1NC(=O)CSc1nc2cc(S(C)(=O)=O)ccc2n1C(C)C. The summed E-state index contributed by atoms with van der Waals surface area (Å²) < 4.78 is 25.7. The lowest BCUT2D eigenvalue weighted by atomic mass is 10.1. The Hall–Kier alpha value is -2.32. The Morgan fingerprint density at radius 3 is 2.41 bits per heavy atom. The third kappa shape index (κ3) is 4.64. The van der Waals surface area contributed by atoms with Crippen LogP contribution in [0.2, 0.25) is 0 Å². The van der Waals surface area contributed by atoms with Gasteiger partial charge in [0.15, 0.2) is 15.0 Å². The predicted octanol–water partition coefficient (Wildman–Crippen LogP) is 4.37. The number of fused-ring (bicyclic) bond motifs is 1. The van der Waals surface area contributed by atoms with Gasteiger partial charge in [-0.2, -0.15) is 0 Å². The molecule has 0 radical (unpaired) electrons. The molecule has 8 heteroatoms. The van der Waals surface area contributed by atoms with Crippen molar-refractivity contribution in [2.24, 2.45) is 0 Å². The second-order valence-corrected chi connectivity index (χ2v) is 10.3. The van der Waals surface area contributed by atoms with Crippen molar-refractivity contribution < 1.29 is 13.2 Å². The van der Waals surface area contributed by atoms with Crippen LogP contribution in [-0.2, 0) is 14.6 Å². The zero-order valence-corrected chi connectivity index (χ0v) is 18.8. The zero-order chi connectivity index (χ0) is 21.3. The van der Waals surface area contributed by atoms with E-state index in [0.29, 0.717) is 10.7 Å². The molecule has 0 saturated carbocycles. The van der Waals surface area contributed by atoms with Crippen LogP contribution in [0.15, 0.2) is 46.5 Å². The van der Waals surface area contributed by atoms with Crippen molar-refractivity contribution in [3.8, 4) is 0 Å². The Morgan fingerprint density at radius 2 is 1.83 bits per heavy atom. The molecule has 1 N–H and O–H groups in total. The van der Waals surface area contributed by atoms with Crippen molar-refractivity contribution in [2.45, 2.75) is 43.8 Å². The number of rotatable bonds is 6. The van der Waals surface area contributed by atoms with E-state index in [4.69, 9.17) is 0 Å². The second-order valence-electron chi connectivity index (χ2n) is 7.38. The molecule has 0 bridgehead atoms. The number of hydrogen-bond donors (Lipinski definition) is 1. The van der Waals surface area contributed by atoms with Crippen LogP contribution in [0.1, 0.15) is 31.0 Å². The standard InChI is InChI=1S/C21H25N3O3S2/c1-13(2)24-18-10-9-16(29(5,26)27)11-17(18)22-21(24)28-12-19(25)23-20-14(3)7-6-8-15(20)4/h6-11,13H,12H2,1-5H3,(H,23,25). The lowest BCUT2D eigenvalue weighted by Crippen LogP contribution is -2.16. The summed E-state index contributed by atoms with van der Waals surface area (Å²) in [6, 6.07) is 11.0. The second kappa shape index (κ2) is 8.20. The van der Waals surface area contributed by atoms with E-state index >= 15 is 0 Å². The van der Waals surface area contributed by atoms with Crippen molar-refractivity contribution in [1.29, 1.82) is 0 Å². The summed E-state index contributed by atoms with van der Waals surface area (Å²) in [6.45, 7) is 8.00. The molecule has 0 saturated heterocycles. The number of thioether (sulfide) groups is 1. The highest BCUT2D eigenvalue weighted by Gasteiger charge is 2.18. The van der Waals surface area contributed by atoms with Crippen LogP contribution in [0.25, 0.3) is 11.0 Å². The van der Waals surface area contributed by atoms with E-state index in [0.717, 1.165) is 22.3 Å². The molecule has 2 aromatic carbocycles. The van der Waals surface area contributed by atoms with Gasteiger partial charge in [-0.05, 0) is 57.0 Å². The van der Waals surface area contributed by atoms with Crippen molar-refractivity contribution in [2.75, 3.05) is 17.3 Å². The van der Waals surface area contributed by atoms with E-state index in [-0.39, 0.29) is 22.6 Å². The number of para-hydroxylation sites is 1. The summed E-state index contributed by atoms with van der Waals surface area (Å²) in [5, 5.41) is 3.68. The average Bonchev–Trinajstić information content (AvgIpc) is 3.00. The van der Waals surface area contributed by atoms with Gasteiger partial charge in [0.05, 0.1) is 21.7 Å². The topological polar surface area (TPSA) is 81.1 Å². The number of nitrogens with one attached hydrogen (secondary N) is 1. The zero-order valence-electron chi connectivity index (χ0n) is 17.2. The third-order valence-electron chi connectivity index (χ3n) is 4.65. The minimum atomic E-state index is -3.31. The van der Waals surface area contributed by atoms with Crippen LogP contribution in [0.4, 0.5) is 5.69 Å². The summed E-state index contributed by atoms with van der Waals surface area (Å²) in [5.74, 6) is 0.106. The van der Waals surface area contributed by atoms with Crippen molar-refractivity contribution in [3.63, 3.8) is 0 Å². The highest BCUT2D eigenvalue weighted by molar-refractivity contribution is 7.99. The number of carbonyl (C=O) groups is 1. The smallest absolute Gasteiger partial charge is 0.234 e. The number of hydrogen-bond acceptors (Lipinski definition) is 5. The van der Waals surface area contributed by atoms with Crippen molar-refractivity contribution in [1.82, 2.24) is 9.55 Å². The fourth-order valence-electron chi connectivity index (χ4n) is 3.21. The molecule has 154 valence electrons. The maximum Gasteiger partial charge on any atom is 0.234 e. The Bertz CT molecular complexity index is 1160. The molecule has 0 unspecified atom stereocenters. The van der Waals surface area contributed by atoms with E-state index in [2.05, 4.69) is 10.3 Å². The van der Waals surface area contributed by atoms with Gasteiger partial charge < -0.3 is 9.88 Å². The van der Waals surface area contributed by atoms with Gasteiger partial charge >= 0.3 is 0 Å². The molecule has 6 nitrogen and oxygen atoms in total. The van der Waals surface area contributed by atoms with E-state index in [1.54, 1.807) is 18.2 Å². The van der Waals surface area contributed by atoms with Gasteiger partial charge in [-0.1, -0.05) is 30.0 Å². The lowest BCUT2D eigenvalue weighted by Gasteiger charge is -2.13. The monoisotopic (exact) mass is 431 g/mol. The van der Waals surface area contributed by atoms with E-state index in [1.165, 1.54) is 18.0 Å². The third-order valence-corrected chi connectivity index (χ3v) is 6.71. The quantitative estimate of drug-likeness (QED) is 0.586. The lowest BCUT2D eigenvalue weighted by molar-refractivity contribution is -0.113. The predicted molar refractivity (Wildman–Crippen MR) is 118 cm³/mol. The number of imidazole rings is 1. The first-order valence-electron chi connectivity index (χ1n) is 9.29. The highest BCUT2D eigenvalue weighted by Crippen LogP contribution is 2.29. The van der Waals surface area contributed by atoms with E-state index in [1.807, 2.05) is 50.5 Å². The molecule has 1 heterocycles. The molecule has 3 rings (SSSR count). The van der Waals surface area contributed by atoms with Gasteiger partial charge in [0.1, 0.15) is 0 Å². The number of aryl methyl sites for hydroxylation is 2. The molecule has 1 amide bonds. The van der Waals surface area contributed by atoms with Crippen LogP contribution >= 0.6 is 11.8 Å². The van der Waals surface area contributed by atoms with Gasteiger partial charge in [-0.3, -0.25) is 4.79 Å². The normalized spacial score (nSPS) is 11.9. The fourth-order valence-corrected chi connectivity index (χ4v) is 4.79. The molecule has 0 fully saturated rings. The largest absolute Gasteiger partial charge is 0.325 e. The molecule has 0 aliphatic rings. The minimum absolute atomic E-state index is 0.105. The van der Waals surface area contributed by atoms with Gasteiger partial charge in [0, 0.05) is 18.0 Å². The Labute approximate surface area is 175 Å². The number of anilines is 1. The van der Waals surface area contributed by atoms with Crippen LogP contribution in [0.3, 0.4) is 0 Å². The van der Waals surface area contributed by atoms with Crippen molar-refractivity contribution >= 4 is 44.2 Å². The van der Waals surface area contributed by atoms with Crippen molar-refractivity contribution in [3.05, 3.63) is 47.5 Å². The summed E-state index contributed by atoms with van der Waals surface area (Å²) in [7, 11) is -3.31. The molecular weight excluding hydrogens is 406 g/mol. The molecule has 0 spiro atoms. The van der Waals surface area contributed by atoms with E-state index in [9.17, 15) is 13.2 Å². The van der Waals surface area contributed by atoms with Crippen LogP contribution < -0.4 is 5.32 Å². The van der Waals surface area contributed by atoms with Gasteiger partial charge in [0.25, 0.3) is 0 Å². The Balaban J connectivity index is 1.85. The molecule has 0 aliphatic heterocycles. The highest BCUT2D eigenvalue weighted by atomic mass is 32.2. The van der Waals surface area contributed by atoms with Gasteiger partial charge in [-0.15, -0.1) is 0 Å². The molecule has 0 atom stereocenters. The summed E-state index contributed by atoms with van der Waals surface area (Å²) in [4.78, 5) is 17.4. The first-order valence-corrected chi connectivity index (χ1v) is 12.2. The fraction of sp³-hybridized carbons (Fsp3) is 0.333. The Kier molecular flexibility index (Phi) is 6.05. The summed E-state index contributed by atoms with van der Waals surface area (Å²) in [6.07, 6.45) is 1.18. The van der Waals surface area contributed by atoms with Gasteiger partial charge in [0.2, 0.25) is 5.91 Å². The Morgan fingerprint density at radius 1 is 1.17 bits per heavy atom. The number of nitrogens with zero attached hydrogens (tertiary/aromatic N) is 2. The number of benzene rings is 2. The average molecular weight is 432 g/mol. The number of aromatic nitrogens is 2. The molecule has 1 aromatic heterocycles. The number of carbonyl (C=O) groups excluding carboxylic acids is 1. The molecule has 0 aliphatic carbocycles. The maximum atomic E-state index is 12.5. The number of amides is 1.